The second kappa shape index (κ2) is 7.85. The van der Waals surface area contributed by atoms with Crippen molar-refractivity contribution in [1.82, 2.24) is 0 Å². The fraction of sp³-hybridized carbons (Fsp3) is 0.400. The minimum atomic E-state index is 0. The Balaban J connectivity index is 0.00000192. The molecule has 124 valence electrons. The van der Waals surface area contributed by atoms with Gasteiger partial charge in [-0.25, -0.2) is 0 Å². The van der Waals surface area contributed by atoms with Crippen molar-refractivity contribution in [3.8, 4) is 5.75 Å². The summed E-state index contributed by atoms with van der Waals surface area (Å²) in [4.78, 5) is 0. The average molecular weight is 332 g/mol. The third kappa shape index (κ3) is 4.07. The van der Waals surface area contributed by atoms with Gasteiger partial charge in [-0.15, -0.1) is 12.4 Å². The van der Waals surface area contributed by atoms with Gasteiger partial charge in [-0.2, -0.15) is 0 Å². The maximum absolute atomic E-state index is 6.41. The van der Waals surface area contributed by atoms with E-state index in [2.05, 4.69) is 38.1 Å². The van der Waals surface area contributed by atoms with Crippen LogP contribution in [0, 0.1) is 19.8 Å². The number of hydrogen-bond donors (Lipinski definition) is 1. The molecule has 0 amide bonds. The molecule has 1 aliphatic carbocycles. The van der Waals surface area contributed by atoms with Gasteiger partial charge in [0.25, 0.3) is 0 Å². The summed E-state index contributed by atoms with van der Waals surface area (Å²) >= 11 is 0. The third-order valence-corrected chi connectivity index (χ3v) is 4.75. The Kier molecular flexibility index (Phi) is 6.09. The summed E-state index contributed by atoms with van der Waals surface area (Å²) in [5.41, 5.74) is 11.2. The van der Waals surface area contributed by atoms with Gasteiger partial charge in [0.15, 0.2) is 0 Å². The van der Waals surface area contributed by atoms with E-state index in [1.54, 1.807) is 0 Å². The predicted octanol–water partition coefficient (Wildman–Crippen LogP) is 5.10. The largest absolute Gasteiger partial charge is 0.488 e. The molecule has 1 saturated carbocycles. The molecule has 23 heavy (non-hydrogen) atoms. The molecule has 0 unspecified atom stereocenters. The van der Waals surface area contributed by atoms with E-state index in [0.717, 1.165) is 5.75 Å². The molecule has 0 bridgehead atoms. The second-order valence-corrected chi connectivity index (χ2v) is 6.47. The lowest BCUT2D eigenvalue weighted by atomic mass is 9.77. The second-order valence-electron chi connectivity index (χ2n) is 6.47. The van der Waals surface area contributed by atoms with Crippen LogP contribution in [0.1, 0.15) is 47.6 Å². The molecule has 2 aromatic carbocycles. The average Bonchev–Trinajstić information content (AvgIpc) is 2.45. The third-order valence-electron chi connectivity index (χ3n) is 4.75. The Labute approximate surface area is 145 Å². The van der Waals surface area contributed by atoms with Crippen molar-refractivity contribution < 1.29 is 4.74 Å². The van der Waals surface area contributed by atoms with Crippen LogP contribution in [0.3, 0.4) is 0 Å². The lowest BCUT2D eigenvalue weighted by molar-refractivity contribution is 0.263. The van der Waals surface area contributed by atoms with Crippen molar-refractivity contribution in [2.45, 2.75) is 45.8 Å². The summed E-state index contributed by atoms with van der Waals surface area (Å²) < 4.78 is 6.05. The zero-order valence-corrected chi connectivity index (χ0v) is 14.7. The Hall–Kier alpha value is -1.51. The van der Waals surface area contributed by atoms with Crippen LogP contribution in [-0.2, 0) is 6.61 Å². The van der Waals surface area contributed by atoms with E-state index in [0.29, 0.717) is 12.5 Å². The van der Waals surface area contributed by atoms with Gasteiger partial charge in [-0.05, 0) is 54.9 Å². The van der Waals surface area contributed by atoms with Crippen LogP contribution in [-0.4, -0.2) is 0 Å². The van der Waals surface area contributed by atoms with Crippen molar-refractivity contribution in [3.63, 3.8) is 0 Å². The number of hydrogen-bond acceptors (Lipinski definition) is 2. The van der Waals surface area contributed by atoms with Crippen LogP contribution in [0.5, 0.6) is 5.75 Å². The normalized spacial score (nSPS) is 15.4. The standard InChI is InChI=1S/C20H25NO.ClH/c1-14-11-18(19(21)17-9-6-10-17)12-15(2)20(14)22-13-16-7-4-3-5-8-16;/h3-5,7-8,11-12,17,19H,6,9-10,13,21H2,1-2H3;1H/t19-;/m0./s1. The number of aryl methyl sites for hydroxylation is 2. The molecule has 1 fully saturated rings. The SMILES string of the molecule is Cc1cc([C@@H](N)C2CCC2)cc(C)c1OCc1ccccc1.Cl. The van der Waals surface area contributed by atoms with Crippen LogP contribution in [0.4, 0.5) is 0 Å². The number of ether oxygens (including phenoxy) is 1. The minimum absolute atomic E-state index is 0. The highest BCUT2D eigenvalue weighted by Crippen LogP contribution is 2.38. The highest BCUT2D eigenvalue weighted by molar-refractivity contribution is 5.85. The van der Waals surface area contributed by atoms with Gasteiger partial charge >= 0.3 is 0 Å². The van der Waals surface area contributed by atoms with Crippen LogP contribution in [0.25, 0.3) is 0 Å². The van der Waals surface area contributed by atoms with Crippen LogP contribution in [0.2, 0.25) is 0 Å². The van der Waals surface area contributed by atoms with E-state index in [-0.39, 0.29) is 18.4 Å². The first-order valence-electron chi connectivity index (χ1n) is 8.18. The lowest BCUT2D eigenvalue weighted by Gasteiger charge is -2.32. The van der Waals surface area contributed by atoms with Crippen molar-refractivity contribution in [2.75, 3.05) is 0 Å². The quantitative estimate of drug-likeness (QED) is 0.826. The smallest absolute Gasteiger partial charge is 0.125 e. The minimum Gasteiger partial charge on any atom is -0.488 e. The maximum atomic E-state index is 6.41. The molecule has 2 aromatic rings. The monoisotopic (exact) mass is 331 g/mol. The Morgan fingerprint density at radius 2 is 1.70 bits per heavy atom. The summed E-state index contributed by atoms with van der Waals surface area (Å²) in [5, 5.41) is 0. The molecule has 2 N–H and O–H groups in total. The Morgan fingerprint density at radius 3 is 2.22 bits per heavy atom. The predicted molar refractivity (Wildman–Crippen MR) is 98.2 cm³/mol. The molecule has 3 rings (SSSR count). The summed E-state index contributed by atoms with van der Waals surface area (Å²) in [6, 6.07) is 14.9. The summed E-state index contributed by atoms with van der Waals surface area (Å²) in [6.07, 6.45) is 3.87. The van der Waals surface area contributed by atoms with Crippen molar-refractivity contribution in [3.05, 3.63) is 64.7 Å². The van der Waals surface area contributed by atoms with Gasteiger partial charge in [-0.3, -0.25) is 0 Å². The zero-order valence-electron chi connectivity index (χ0n) is 13.9. The first-order valence-corrected chi connectivity index (χ1v) is 8.18. The van der Waals surface area contributed by atoms with Crippen LogP contribution >= 0.6 is 12.4 Å². The topological polar surface area (TPSA) is 35.2 Å². The van der Waals surface area contributed by atoms with E-state index in [1.807, 2.05) is 18.2 Å². The Bertz CT molecular complexity index is 614. The fourth-order valence-electron chi connectivity index (χ4n) is 3.20. The molecular weight excluding hydrogens is 306 g/mol. The molecule has 0 aliphatic heterocycles. The van der Waals surface area contributed by atoms with Gasteiger partial charge in [0.2, 0.25) is 0 Å². The number of halogens is 1. The van der Waals surface area contributed by atoms with E-state index < -0.39 is 0 Å². The molecule has 0 saturated heterocycles. The molecular formula is C20H26ClNO. The van der Waals surface area contributed by atoms with Crippen molar-refractivity contribution >= 4 is 12.4 Å². The summed E-state index contributed by atoms with van der Waals surface area (Å²) in [6.45, 7) is 4.84. The molecule has 0 heterocycles. The van der Waals surface area contributed by atoms with E-state index in [9.17, 15) is 0 Å². The zero-order chi connectivity index (χ0) is 15.5. The Morgan fingerprint density at radius 1 is 1.09 bits per heavy atom. The van der Waals surface area contributed by atoms with Gasteiger partial charge in [0.1, 0.15) is 12.4 Å². The molecule has 2 nitrogen and oxygen atoms in total. The molecule has 0 aromatic heterocycles. The van der Waals surface area contributed by atoms with Crippen molar-refractivity contribution in [1.29, 1.82) is 0 Å². The van der Waals surface area contributed by atoms with Gasteiger partial charge in [-0.1, -0.05) is 48.9 Å². The fourth-order valence-corrected chi connectivity index (χ4v) is 3.20. The van der Waals surface area contributed by atoms with E-state index >= 15 is 0 Å². The molecule has 1 aliphatic rings. The molecule has 3 heteroatoms. The summed E-state index contributed by atoms with van der Waals surface area (Å²) in [7, 11) is 0. The number of rotatable bonds is 5. The first-order chi connectivity index (χ1) is 10.6. The van der Waals surface area contributed by atoms with Crippen molar-refractivity contribution in [2.24, 2.45) is 11.7 Å². The highest BCUT2D eigenvalue weighted by atomic mass is 35.5. The van der Waals surface area contributed by atoms with Crippen LogP contribution in [0.15, 0.2) is 42.5 Å². The number of benzene rings is 2. The maximum Gasteiger partial charge on any atom is 0.125 e. The molecule has 0 spiro atoms. The molecule has 0 radical (unpaired) electrons. The lowest BCUT2D eigenvalue weighted by Crippen LogP contribution is -2.27. The van der Waals surface area contributed by atoms with Gasteiger partial charge in [0, 0.05) is 6.04 Å². The highest BCUT2D eigenvalue weighted by Gasteiger charge is 2.26. The number of nitrogens with two attached hydrogens (primary N) is 1. The first kappa shape index (κ1) is 17.8. The van der Waals surface area contributed by atoms with E-state index in [1.165, 1.54) is 41.5 Å². The van der Waals surface area contributed by atoms with E-state index in [4.69, 9.17) is 10.5 Å². The van der Waals surface area contributed by atoms with Gasteiger partial charge in [0.05, 0.1) is 0 Å². The summed E-state index contributed by atoms with van der Waals surface area (Å²) in [5.74, 6) is 1.66. The van der Waals surface area contributed by atoms with Crippen LogP contribution < -0.4 is 10.5 Å². The van der Waals surface area contributed by atoms with Gasteiger partial charge < -0.3 is 10.5 Å². The molecule has 1 atom stereocenters.